The number of aromatic amines is 1. The molecule has 0 radical (unpaired) electrons. The third kappa shape index (κ3) is 4.30. The molecule has 31 heavy (non-hydrogen) atoms. The number of para-hydroxylation sites is 1. The first kappa shape index (κ1) is 21.4. The lowest BCUT2D eigenvalue weighted by atomic mass is 9.98. The number of hydrogen-bond acceptors (Lipinski definition) is 4. The van der Waals surface area contributed by atoms with Gasteiger partial charge in [0.15, 0.2) is 0 Å². The normalized spacial score (nSPS) is 25.0. The molecule has 2 fully saturated rings. The lowest BCUT2D eigenvalue weighted by Gasteiger charge is -2.35. The van der Waals surface area contributed by atoms with E-state index in [1.807, 2.05) is 30.5 Å². The van der Waals surface area contributed by atoms with Gasteiger partial charge < -0.3 is 26.3 Å². The molecule has 3 amide bonds. The summed E-state index contributed by atoms with van der Waals surface area (Å²) in [7, 11) is 1.75. The van der Waals surface area contributed by atoms with Crippen molar-refractivity contribution in [1.82, 2.24) is 20.5 Å². The summed E-state index contributed by atoms with van der Waals surface area (Å²) in [5.74, 6) is -0.853. The minimum absolute atomic E-state index is 0.0380. The summed E-state index contributed by atoms with van der Waals surface area (Å²) in [5, 5.41) is 7.14. The van der Waals surface area contributed by atoms with Gasteiger partial charge in [-0.2, -0.15) is 0 Å². The van der Waals surface area contributed by atoms with Crippen molar-refractivity contribution in [2.45, 2.75) is 69.1 Å². The third-order valence-corrected chi connectivity index (χ3v) is 6.74. The van der Waals surface area contributed by atoms with Gasteiger partial charge in [0.2, 0.25) is 17.7 Å². The van der Waals surface area contributed by atoms with Gasteiger partial charge >= 0.3 is 0 Å². The van der Waals surface area contributed by atoms with Gasteiger partial charge in [0.05, 0.1) is 6.04 Å². The minimum Gasteiger partial charge on any atom is -0.368 e. The molecule has 3 heterocycles. The predicted octanol–water partition coefficient (Wildman–Crippen LogP) is 1.20. The standard InChI is InChI=1S/C23H31N5O3/c1-25-19(12-14-13-26-17-8-5-3-7-16(14)17)22(30)27-18-9-4-2-6-15-10-11-20(21(24)29)28(15)23(18)31/h3,5,7-8,13,15,18-20,25-26H,2,4,6,9-12H2,1H3,(H2,24,29)(H,27,30)/t15-,18-,19-,20-/m0/s1. The highest BCUT2D eigenvalue weighted by atomic mass is 16.2. The SMILES string of the molecule is CN[C@@H](Cc1c[nH]c2ccccc12)C(=O)N[C@H]1CCCC[C@H]2CC[C@@H](C(N)=O)N2C1=O. The van der Waals surface area contributed by atoms with E-state index in [4.69, 9.17) is 5.73 Å². The summed E-state index contributed by atoms with van der Waals surface area (Å²) in [6, 6.07) is 6.34. The Labute approximate surface area is 181 Å². The summed E-state index contributed by atoms with van der Waals surface area (Å²) >= 11 is 0. The lowest BCUT2D eigenvalue weighted by Crippen LogP contribution is -2.58. The molecule has 1 aromatic carbocycles. The second-order valence-electron chi connectivity index (χ2n) is 8.65. The van der Waals surface area contributed by atoms with E-state index in [2.05, 4.69) is 15.6 Å². The van der Waals surface area contributed by atoms with Crippen LogP contribution in [0.25, 0.3) is 10.9 Å². The van der Waals surface area contributed by atoms with Crippen molar-refractivity contribution in [2.75, 3.05) is 7.05 Å². The van der Waals surface area contributed by atoms with Crippen molar-refractivity contribution in [2.24, 2.45) is 5.73 Å². The van der Waals surface area contributed by atoms with Crippen LogP contribution < -0.4 is 16.4 Å². The highest BCUT2D eigenvalue weighted by Crippen LogP contribution is 2.31. The molecule has 0 bridgehead atoms. The molecular weight excluding hydrogens is 394 g/mol. The van der Waals surface area contributed by atoms with Crippen LogP contribution in [0.1, 0.15) is 44.1 Å². The average molecular weight is 426 g/mol. The molecule has 4 rings (SSSR count). The first-order valence-corrected chi connectivity index (χ1v) is 11.1. The average Bonchev–Trinajstić information content (AvgIpc) is 3.36. The molecule has 0 saturated carbocycles. The van der Waals surface area contributed by atoms with Crippen molar-refractivity contribution in [3.05, 3.63) is 36.0 Å². The number of nitrogens with one attached hydrogen (secondary N) is 3. The van der Waals surface area contributed by atoms with E-state index in [1.54, 1.807) is 11.9 Å². The molecular formula is C23H31N5O3. The lowest BCUT2D eigenvalue weighted by molar-refractivity contribution is -0.143. The Balaban J connectivity index is 1.48. The molecule has 0 spiro atoms. The Kier molecular flexibility index (Phi) is 6.27. The molecule has 2 aliphatic heterocycles. The highest BCUT2D eigenvalue weighted by Gasteiger charge is 2.43. The van der Waals surface area contributed by atoms with Crippen molar-refractivity contribution in [3.8, 4) is 0 Å². The Morgan fingerprint density at radius 1 is 1.19 bits per heavy atom. The molecule has 2 aliphatic rings. The van der Waals surface area contributed by atoms with Gasteiger partial charge in [-0.1, -0.05) is 31.0 Å². The number of likely N-dealkylation sites (N-methyl/N-ethyl adjacent to an activating group) is 1. The maximum absolute atomic E-state index is 13.3. The van der Waals surface area contributed by atoms with E-state index in [0.29, 0.717) is 19.3 Å². The molecule has 8 heteroatoms. The molecule has 2 aromatic rings. The van der Waals surface area contributed by atoms with E-state index >= 15 is 0 Å². The van der Waals surface area contributed by atoms with Crippen LogP contribution in [0, 0.1) is 0 Å². The van der Waals surface area contributed by atoms with Crippen molar-refractivity contribution >= 4 is 28.6 Å². The molecule has 0 aliphatic carbocycles. The molecule has 166 valence electrons. The van der Waals surface area contributed by atoms with E-state index in [0.717, 1.165) is 42.1 Å². The number of nitrogens with two attached hydrogens (primary N) is 1. The van der Waals surface area contributed by atoms with Crippen LogP contribution in [-0.2, 0) is 20.8 Å². The Morgan fingerprint density at radius 3 is 2.74 bits per heavy atom. The summed E-state index contributed by atoms with van der Waals surface area (Å²) in [6.07, 6.45) is 7.12. The number of fused-ring (bicyclic) bond motifs is 2. The van der Waals surface area contributed by atoms with Gasteiger partial charge in [-0.25, -0.2) is 0 Å². The maximum Gasteiger partial charge on any atom is 0.246 e. The molecule has 4 atom stereocenters. The summed E-state index contributed by atoms with van der Waals surface area (Å²) in [5.41, 5.74) is 7.63. The monoisotopic (exact) mass is 425 g/mol. The topological polar surface area (TPSA) is 120 Å². The zero-order valence-electron chi connectivity index (χ0n) is 17.9. The van der Waals surface area contributed by atoms with E-state index in [-0.39, 0.29) is 17.9 Å². The molecule has 5 N–H and O–H groups in total. The smallest absolute Gasteiger partial charge is 0.246 e. The summed E-state index contributed by atoms with van der Waals surface area (Å²) in [4.78, 5) is 43.2. The largest absolute Gasteiger partial charge is 0.368 e. The molecule has 0 unspecified atom stereocenters. The Morgan fingerprint density at radius 2 is 1.97 bits per heavy atom. The zero-order valence-corrected chi connectivity index (χ0v) is 17.9. The number of carbonyl (C=O) groups is 3. The fourth-order valence-electron chi connectivity index (χ4n) is 5.06. The number of nitrogens with zero attached hydrogens (tertiary/aromatic N) is 1. The van der Waals surface area contributed by atoms with E-state index in [9.17, 15) is 14.4 Å². The van der Waals surface area contributed by atoms with Gasteiger partial charge in [0.25, 0.3) is 0 Å². The van der Waals surface area contributed by atoms with Crippen molar-refractivity contribution in [1.29, 1.82) is 0 Å². The van der Waals surface area contributed by atoms with E-state index in [1.165, 1.54) is 0 Å². The highest BCUT2D eigenvalue weighted by molar-refractivity contribution is 5.94. The maximum atomic E-state index is 13.3. The van der Waals surface area contributed by atoms with Gasteiger partial charge in [-0.05, 0) is 50.8 Å². The number of aromatic nitrogens is 1. The van der Waals surface area contributed by atoms with Gasteiger partial charge in [0, 0.05) is 23.1 Å². The van der Waals surface area contributed by atoms with Crippen LogP contribution in [0.15, 0.2) is 30.5 Å². The van der Waals surface area contributed by atoms with Crippen LogP contribution >= 0.6 is 0 Å². The van der Waals surface area contributed by atoms with Crippen molar-refractivity contribution < 1.29 is 14.4 Å². The number of primary amides is 1. The van der Waals surface area contributed by atoms with Crippen LogP contribution in [0.5, 0.6) is 0 Å². The summed E-state index contributed by atoms with van der Waals surface area (Å²) < 4.78 is 0. The van der Waals surface area contributed by atoms with Crippen LogP contribution in [0.4, 0.5) is 0 Å². The molecule has 2 saturated heterocycles. The van der Waals surface area contributed by atoms with Gasteiger partial charge in [-0.15, -0.1) is 0 Å². The zero-order chi connectivity index (χ0) is 22.0. The van der Waals surface area contributed by atoms with Gasteiger partial charge in [0.1, 0.15) is 12.1 Å². The van der Waals surface area contributed by atoms with Crippen molar-refractivity contribution in [3.63, 3.8) is 0 Å². The van der Waals surface area contributed by atoms with Crippen LogP contribution in [0.2, 0.25) is 0 Å². The number of hydrogen-bond donors (Lipinski definition) is 4. The fourth-order valence-corrected chi connectivity index (χ4v) is 5.06. The van der Waals surface area contributed by atoms with Crippen LogP contribution in [-0.4, -0.2) is 58.8 Å². The first-order chi connectivity index (χ1) is 15.0. The fraction of sp³-hybridized carbons (Fsp3) is 0.522. The number of rotatable bonds is 6. The minimum atomic E-state index is -0.630. The second-order valence-corrected chi connectivity index (χ2v) is 8.65. The summed E-state index contributed by atoms with van der Waals surface area (Å²) in [6.45, 7) is 0. The third-order valence-electron chi connectivity index (χ3n) is 6.74. The quantitative estimate of drug-likeness (QED) is 0.556. The van der Waals surface area contributed by atoms with E-state index < -0.39 is 24.0 Å². The molecule has 1 aromatic heterocycles. The number of H-pyrrole nitrogens is 1. The number of carbonyl (C=O) groups excluding carboxylic acids is 3. The second kappa shape index (κ2) is 9.09. The number of amides is 3. The predicted molar refractivity (Wildman–Crippen MR) is 118 cm³/mol. The Bertz CT molecular complexity index is 971. The molecule has 8 nitrogen and oxygen atoms in total. The first-order valence-electron chi connectivity index (χ1n) is 11.1. The Hall–Kier alpha value is -2.87. The number of benzene rings is 1. The van der Waals surface area contributed by atoms with Crippen LogP contribution in [0.3, 0.4) is 0 Å². The van der Waals surface area contributed by atoms with Gasteiger partial charge in [-0.3, -0.25) is 14.4 Å².